The van der Waals surface area contributed by atoms with Crippen molar-refractivity contribution in [3.05, 3.63) is 34.3 Å². The number of aryl methyl sites for hydroxylation is 3. The number of hydrogen-bond acceptors (Lipinski definition) is 5. The summed E-state index contributed by atoms with van der Waals surface area (Å²) in [5, 5.41) is 23.0. The van der Waals surface area contributed by atoms with Crippen molar-refractivity contribution in [1.29, 1.82) is 0 Å². The Morgan fingerprint density at radius 3 is 2.34 bits per heavy atom. The first-order valence-electron chi connectivity index (χ1n) is 9.72. The molecule has 0 bridgehead atoms. The zero-order valence-corrected chi connectivity index (χ0v) is 17.7. The lowest BCUT2D eigenvalue weighted by Crippen LogP contribution is -2.19. The summed E-state index contributed by atoms with van der Waals surface area (Å²) in [6.07, 6.45) is 5.55. The highest BCUT2D eigenvalue weighted by Crippen LogP contribution is 2.36. The van der Waals surface area contributed by atoms with E-state index in [0.29, 0.717) is 5.69 Å². The van der Waals surface area contributed by atoms with Crippen molar-refractivity contribution in [3.63, 3.8) is 0 Å². The Morgan fingerprint density at radius 1 is 1.24 bits per heavy atom. The molecule has 4 N–H and O–H groups in total. The van der Waals surface area contributed by atoms with Gasteiger partial charge in [-0.15, -0.1) is 4.36 Å². The van der Waals surface area contributed by atoms with Gasteiger partial charge in [0, 0.05) is 24.5 Å². The van der Waals surface area contributed by atoms with Crippen molar-refractivity contribution in [2.75, 3.05) is 5.32 Å². The van der Waals surface area contributed by atoms with Crippen LogP contribution in [0.4, 0.5) is 10.5 Å². The maximum Gasteiger partial charge on any atom is 0.354 e. The van der Waals surface area contributed by atoms with Crippen molar-refractivity contribution >= 4 is 21.6 Å². The summed E-state index contributed by atoms with van der Waals surface area (Å²) in [5.41, 5.74) is 4.17. The number of nitrogens with two attached hydrogens (primary N) is 1. The monoisotopic (exact) mass is 418 g/mol. The van der Waals surface area contributed by atoms with Crippen LogP contribution in [0.3, 0.4) is 0 Å². The van der Waals surface area contributed by atoms with E-state index in [4.69, 9.17) is 10.1 Å². The topological polar surface area (TPSA) is 135 Å². The first-order chi connectivity index (χ1) is 13.6. The number of nitrogens with zero attached hydrogens (tertiary/aromatic N) is 4. The zero-order valence-electron chi connectivity index (χ0n) is 16.9. The van der Waals surface area contributed by atoms with Gasteiger partial charge in [-0.05, 0) is 63.5 Å². The number of aliphatic hydroxyl groups is 1. The molecule has 0 fully saturated rings. The number of aromatic nitrogens is 3. The summed E-state index contributed by atoms with van der Waals surface area (Å²) >= 11 is 0. The van der Waals surface area contributed by atoms with E-state index in [1.807, 2.05) is 0 Å². The molecule has 1 atom stereocenters. The maximum atomic E-state index is 12.9. The Kier molecular flexibility index (Phi) is 4.75. The Bertz CT molecular complexity index is 1090. The number of carbonyl (C=O) groups excluding carboxylic acids is 1. The van der Waals surface area contributed by atoms with Gasteiger partial charge in [-0.1, -0.05) is 0 Å². The molecule has 2 aromatic heterocycles. The molecule has 2 aliphatic rings. The van der Waals surface area contributed by atoms with Gasteiger partial charge in [0.25, 0.3) is 0 Å². The number of pyridine rings is 1. The fourth-order valence-electron chi connectivity index (χ4n) is 4.19. The van der Waals surface area contributed by atoms with Crippen molar-refractivity contribution in [2.24, 2.45) is 16.5 Å². The van der Waals surface area contributed by atoms with Gasteiger partial charge < -0.3 is 10.4 Å². The van der Waals surface area contributed by atoms with E-state index in [-0.39, 0.29) is 5.03 Å². The number of urea groups is 1. The summed E-state index contributed by atoms with van der Waals surface area (Å²) in [7, 11) is -1.96. The molecule has 4 rings (SSSR count). The minimum absolute atomic E-state index is 0.0440. The molecule has 0 radical (unpaired) electrons. The lowest BCUT2D eigenvalue weighted by atomic mass is 10.1. The molecule has 0 saturated heterocycles. The lowest BCUT2D eigenvalue weighted by molar-refractivity contribution is 0.0695. The van der Waals surface area contributed by atoms with Crippen molar-refractivity contribution < 1.29 is 14.1 Å². The van der Waals surface area contributed by atoms with Gasteiger partial charge in [-0.2, -0.15) is 5.10 Å². The van der Waals surface area contributed by atoms with Gasteiger partial charge in [0.05, 0.1) is 11.4 Å². The second-order valence-corrected chi connectivity index (χ2v) is 9.92. The van der Waals surface area contributed by atoms with Crippen LogP contribution in [0.1, 0.15) is 54.9 Å². The predicted octanol–water partition coefficient (Wildman–Crippen LogP) is 1.95. The smallest absolute Gasteiger partial charge is 0.354 e. The van der Waals surface area contributed by atoms with Gasteiger partial charge in [-0.25, -0.2) is 14.1 Å². The van der Waals surface area contributed by atoms with Crippen LogP contribution in [0, 0.1) is 0 Å². The molecule has 0 aromatic carbocycles. The first-order valence-corrected chi connectivity index (χ1v) is 11.3. The largest absolute Gasteiger partial charge is 0.384 e. The summed E-state index contributed by atoms with van der Waals surface area (Å²) < 4.78 is 18.1. The van der Waals surface area contributed by atoms with Crippen LogP contribution in [0.5, 0.6) is 0 Å². The Balaban J connectivity index is 1.67. The molecular weight excluding hydrogens is 392 g/mol. The van der Waals surface area contributed by atoms with Crippen LogP contribution in [-0.4, -0.2) is 30.1 Å². The SMILES string of the molecule is Cn1nc(S(N)(=O)=NC(=O)Nc2c3c(nc4c2CCC4)CCC3)cc1C(C)(C)O. The molecule has 2 aromatic rings. The molecule has 2 amide bonds. The molecule has 0 aliphatic heterocycles. The normalized spacial score (nSPS) is 17.6. The average Bonchev–Trinajstić information content (AvgIpc) is 3.31. The fourth-order valence-corrected chi connectivity index (χ4v) is 5.10. The number of carbonyl (C=O) groups is 1. The maximum absolute atomic E-state index is 12.9. The van der Waals surface area contributed by atoms with E-state index in [1.54, 1.807) is 20.9 Å². The minimum Gasteiger partial charge on any atom is -0.384 e. The number of anilines is 1. The molecule has 10 heteroatoms. The van der Waals surface area contributed by atoms with Crippen LogP contribution in [0.2, 0.25) is 0 Å². The molecule has 2 heterocycles. The Morgan fingerprint density at radius 2 is 1.83 bits per heavy atom. The van der Waals surface area contributed by atoms with Crippen molar-refractivity contribution in [1.82, 2.24) is 14.8 Å². The Labute approximate surface area is 170 Å². The number of nitrogens with one attached hydrogen (secondary N) is 1. The second-order valence-electron chi connectivity index (χ2n) is 8.18. The summed E-state index contributed by atoms with van der Waals surface area (Å²) in [6.45, 7) is 3.17. The van der Waals surface area contributed by atoms with Crippen LogP contribution < -0.4 is 10.5 Å². The van der Waals surface area contributed by atoms with Gasteiger partial charge in [0.2, 0.25) is 0 Å². The zero-order chi connectivity index (χ0) is 21.0. The highest BCUT2D eigenvalue weighted by atomic mass is 32.2. The summed E-state index contributed by atoms with van der Waals surface area (Å²) in [5.74, 6) is 0. The van der Waals surface area contributed by atoms with E-state index >= 15 is 0 Å². The quantitative estimate of drug-likeness (QED) is 0.700. The molecule has 0 saturated carbocycles. The molecule has 2 aliphatic carbocycles. The molecular formula is C19H26N6O3S. The van der Waals surface area contributed by atoms with E-state index in [0.717, 1.165) is 66.7 Å². The van der Waals surface area contributed by atoms with E-state index < -0.39 is 21.5 Å². The number of amides is 2. The van der Waals surface area contributed by atoms with Crippen LogP contribution >= 0.6 is 0 Å². The number of fused-ring (bicyclic) bond motifs is 2. The molecule has 9 nitrogen and oxygen atoms in total. The van der Waals surface area contributed by atoms with E-state index in [1.165, 1.54) is 10.7 Å². The Hall–Kier alpha value is -2.30. The van der Waals surface area contributed by atoms with Gasteiger partial charge in [0.15, 0.2) is 14.9 Å². The lowest BCUT2D eigenvalue weighted by Gasteiger charge is -2.16. The van der Waals surface area contributed by atoms with Crippen molar-refractivity contribution in [2.45, 2.75) is 63.0 Å². The van der Waals surface area contributed by atoms with Gasteiger partial charge in [0.1, 0.15) is 5.60 Å². The summed E-state index contributed by atoms with van der Waals surface area (Å²) in [6, 6.07) is 0.656. The van der Waals surface area contributed by atoms with Gasteiger partial charge >= 0.3 is 6.03 Å². The van der Waals surface area contributed by atoms with Gasteiger partial charge in [-0.3, -0.25) is 9.67 Å². The highest BCUT2D eigenvalue weighted by Gasteiger charge is 2.28. The highest BCUT2D eigenvalue weighted by molar-refractivity contribution is 7.91. The first kappa shape index (κ1) is 20.0. The fraction of sp³-hybridized carbons (Fsp3) is 0.526. The standard InChI is InChI=1S/C19H26N6O3S/c1-19(2,27)15-10-16(23-25(15)3)29(20,28)24-18(26)22-17-11-6-4-8-13(11)21-14-9-5-7-12(14)17/h10,27H,4-9H2,1-3H3,(H3,20,21,22,24,26,28). The molecule has 1 unspecified atom stereocenters. The average molecular weight is 419 g/mol. The van der Waals surface area contributed by atoms with E-state index in [9.17, 15) is 14.1 Å². The molecule has 156 valence electrons. The number of rotatable bonds is 3. The third kappa shape index (κ3) is 3.67. The minimum atomic E-state index is -3.57. The third-order valence-electron chi connectivity index (χ3n) is 5.49. The second kappa shape index (κ2) is 6.89. The molecule has 0 spiro atoms. The van der Waals surface area contributed by atoms with Crippen LogP contribution in [0.15, 0.2) is 15.5 Å². The number of hydrogen-bond donors (Lipinski definition) is 3. The van der Waals surface area contributed by atoms with Crippen LogP contribution in [0.25, 0.3) is 0 Å². The van der Waals surface area contributed by atoms with E-state index in [2.05, 4.69) is 14.8 Å². The predicted molar refractivity (Wildman–Crippen MR) is 109 cm³/mol. The van der Waals surface area contributed by atoms with Crippen LogP contribution in [-0.2, 0) is 48.2 Å². The third-order valence-corrected chi connectivity index (χ3v) is 6.72. The molecule has 29 heavy (non-hydrogen) atoms. The van der Waals surface area contributed by atoms with Crippen molar-refractivity contribution in [3.8, 4) is 0 Å². The summed E-state index contributed by atoms with van der Waals surface area (Å²) in [4.78, 5) is 17.4.